The summed E-state index contributed by atoms with van der Waals surface area (Å²) in [5.74, 6) is -1.65. The number of amides is 1. The number of ketones is 1. The van der Waals surface area contributed by atoms with Crippen LogP contribution < -0.4 is 4.90 Å². The summed E-state index contributed by atoms with van der Waals surface area (Å²) in [6, 6.07) is 14.3. The van der Waals surface area contributed by atoms with Crippen molar-refractivity contribution in [2.24, 2.45) is 0 Å². The van der Waals surface area contributed by atoms with Gasteiger partial charge in [-0.15, -0.1) is 0 Å². The molecule has 1 aliphatic heterocycles. The van der Waals surface area contributed by atoms with Crippen LogP contribution in [0.1, 0.15) is 27.9 Å². The Morgan fingerprint density at radius 1 is 1.16 bits per heavy atom. The highest BCUT2D eigenvalue weighted by Crippen LogP contribution is 2.44. The van der Waals surface area contributed by atoms with Crippen molar-refractivity contribution in [2.45, 2.75) is 13.0 Å². The number of carbonyl (C=O) groups is 2. The summed E-state index contributed by atoms with van der Waals surface area (Å²) in [7, 11) is 0. The largest absolute Gasteiger partial charge is 0.503 e. The maximum atomic E-state index is 13.5. The smallest absolute Gasteiger partial charge is 0.294 e. The standard InChI is InChI=1S/C24H15BrClNO5/c1-12-15(26)4-2-5-16(12)27-21(18-6-3-9-31-18)20(23(29)24(27)30)22(28)19-11-13-10-14(25)7-8-17(13)32-19/h2-11,21,29H,1H3. The fourth-order valence-electron chi connectivity index (χ4n) is 3.92. The average molecular weight is 513 g/mol. The third-order valence-corrected chi connectivity index (χ3v) is 6.37. The molecule has 1 amide bonds. The minimum atomic E-state index is -0.984. The van der Waals surface area contributed by atoms with Gasteiger partial charge < -0.3 is 13.9 Å². The molecule has 32 heavy (non-hydrogen) atoms. The molecule has 6 nitrogen and oxygen atoms in total. The molecule has 1 atom stereocenters. The van der Waals surface area contributed by atoms with Gasteiger partial charge in [0.2, 0.25) is 5.78 Å². The van der Waals surface area contributed by atoms with E-state index in [1.165, 1.54) is 11.2 Å². The zero-order chi connectivity index (χ0) is 22.6. The summed E-state index contributed by atoms with van der Waals surface area (Å²) >= 11 is 9.67. The highest BCUT2D eigenvalue weighted by molar-refractivity contribution is 9.10. The first-order valence-electron chi connectivity index (χ1n) is 9.66. The van der Waals surface area contributed by atoms with Crippen molar-refractivity contribution in [1.82, 2.24) is 0 Å². The summed E-state index contributed by atoms with van der Waals surface area (Å²) in [4.78, 5) is 28.0. The van der Waals surface area contributed by atoms with Crippen molar-refractivity contribution in [3.05, 3.63) is 98.8 Å². The lowest BCUT2D eigenvalue weighted by molar-refractivity contribution is -0.117. The van der Waals surface area contributed by atoms with Crippen molar-refractivity contribution >= 4 is 55.9 Å². The molecular formula is C24H15BrClNO5. The van der Waals surface area contributed by atoms with E-state index in [0.717, 1.165) is 4.47 Å². The number of aliphatic hydroxyl groups is 1. The summed E-state index contributed by atoms with van der Waals surface area (Å²) < 4.78 is 12.1. The van der Waals surface area contributed by atoms with E-state index in [1.807, 2.05) is 6.07 Å². The fraction of sp³-hybridized carbons (Fsp3) is 0.0833. The number of halogens is 2. The number of furan rings is 2. The normalized spacial score (nSPS) is 16.4. The summed E-state index contributed by atoms with van der Waals surface area (Å²) in [6.45, 7) is 1.76. The lowest BCUT2D eigenvalue weighted by atomic mass is 9.99. The lowest BCUT2D eigenvalue weighted by Gasteiger charge is -2.26. The Hall–Kier alpha value is -3.29. The van der Waals surface area contributed by atoms with Crippen molar-refractivity contribution in [3.8, 4) is 0 Å². The summed E-state index contributed by atoms with van der Waals surface area (Å²) in [5.41, 5.74) is 1.49. The van der Waals surface area contributed by atoms with Crippen LogP contribution in [0.2, 0.25) is 5.02 Å². The number of fused-ring (bicyclic) bond motifs is 1. The van der Waals surface area contributed by atoms with Gasteiger partial charge >= 0.3 is 0 Å². The fourth-order valence-corrected chi connectivity index (χ4v) is 4.47. The lowest BCUT2D eigenvalue weighted by Crippen LogP contribution is -2.31. The molecule has 1 unspecified atom stereocenters. The van der Waals surface area contributed by atoms with E-state index in [1.54, 1.807) is 55.5 Å². The molecule has 5 rings (SSSR count). The summed E-state index contributed by atoms with van der Waals surface area (Å²) in [5, 5.41) is 12.0. The van der Waals surface area contributed by atoms with Gasteiger partial charge in [-0.05, 0) is 61.0 Å². The van der Waals surface area contributed by atoms with Gasteiger partial charge in [-0.25, -0.2) is 0 Å². The molecule has 1 aliphatic rings. The predicted molar refractivity (Wildman–Crippen MR) is 123 cm³/mol. The summed E-state index contributed by atoms with van der Waals surface area (Å²) in [6.07, 6.45) is 1.44. The second kappa shape index (κ2) is 7.69. The first-order chi connectivity index (χ1) is 15.4. The molecule has 0 bridgehead atoms. The molecule has 4 aromatic rings. The van der Waals surface area contributed by atoms with Gasteiger partial charge in [0.05, 0.1) is 11.8 Å². The van der Waals surface area contributed by atoms with E-state index in [2.05, 4.69) is 15.9 Å². The molecule has 2 aromatic carbocycles. The molecule has 3 heterocycles. The number of rotatable bonds is 4. The second-order valence-electron chi connectivity index (χ2n) is 7.36. The van der Waals surface area contributed by atoms with Crippen LogP contribution in [0.5, 0.6) is 0 Å². The first kappa shape index (κ1) is 20.6. The van der Waals surface area contributed by atoms with Crippen molar-refractivity contribution in [2.75, 3.05) is 4.90 Å². The van der Waals surface area contributed by atoms with Gasteiger partial charge in [0, 0.05) is 20.6 Å². The van der Waals surface area contributed by atoms with Crippen LogP contribution in [0, 0.1) is 6.92 Å². The van der Waals surface area contributed by atoms with Gasteiger partial charge in [-0.2, -0.15) is 0 Å². The molecule has 8 heteroatoms. The van der Waals surface area contributed by atoms with E-state index in [-0.39, 0.29) is 11.3 Å². The van der Waals surface area contributed by atoms with Gasteiger partial charge in [0.1, 0.15) is 17.4 Å². The zero-order valence-electron chi connectivity index (χ0n) is 16.6. The van der Waals surface area contributed by atoms with Crippen LogP contribution >= 0.6 is 27.5 Å². The number of carbonyl (C=O) groups excluding carboxylic acids is 2. The molecule has 2 aromatic heterocycles. The van der Waals surface area contributed by atoms with Crippen LogP contribution in [-0.2, 0) is 4.79 Å². The molecule has 1 N–H and O–H groups in total. The Kier molecular flexibility index (Phi) is 4.95. The van der Waals surface area contributed by atoms with Crippen LogP contribution in [-0.4, -0.2) is 16.8 Å². The van der Waals surface area contributed by atoms with Gasteiger partial charge in [-0.1, -0.05) is 33.6 Å². The van der Waals surface area contributed by atoms with Crippen LogP contribution in [0.4, 0.5) is 5.69 Å². The quantitative estimate of drug-likeness (QED) is 0.314. The number of benzene rings is 2. The Balaban J connectivity index is 1.66. The molecule has 0 saturated carbocycles. The predicted octanol–water partition coefficient (Wildman–Crippen LogP) is 6.53. The second-order valence-corrected chi connectivity index (χ2v) is 8.68. The molecule has 0 spiro atoms. The molecule has 0 radical (unpaired) electrons. The molecule has 0 fully saturated rings. The zero-order valence-corrected chi connectivity index (χ0v) is 19.0. The Morgan fingerprint density at radius 2 is 1.97 bits per heavy atom. The van der Waals surface area contributed by atoms with Gasteiger partial charge in [-0.3, -0.25) is 14.5 Å². The van der Waals surface area contributed by atoms with E-state index in [9.17, 15) is 14.7 Å². The molecular weight excluding hydrogens is 498 g/mol. The third-order valence-electron chi connectivity index (χ3n) is 5.47. The van der Waals surface area contributed by atoms with Crippen molar-refractivity contribution in [1.29, 1.82) is 0 Å². The Morgan fingerprint density at radius 3 is 2.72 bits per heavy atom. The number of hydrogen-bond donors (Lipinski definition) is 1. The topological polar surface area (TPSA) is 83.9 Å². The van der Waals surface area contributed by atoms with Crippen LogP contribution in [0.15, 0.2) is 85.5 Å². The number of anilines is 1. The SMILES string of the molecule is Cc1c(Cl)cccc1N1C(=O)C(O)=C(C(=O)c2cc3cc(Br)ccc3o2)C1c1ccco1. The van der Waals surface area contributed by atoms with Crippen LogP contribution in [0.3, 0.4) is 0 Å². The number of Topliss-reactive ketones (excluding diaryl/α,β-unsaturated/α-hetero) is 1. The minimum Gasteiger partial charge on any atom is -0.503 e. The molecule has 0 saturated heterocycles. The molecule has 160 valence electrons. The third kappa shape index (κ3) is 3.16. The van der Waals surface area contributed by atoms with E-state index in [4.69, 9.17) is 20.4 Å². The van der Waals surface area contributed by atoms with Gasteiger partial charge in [0.15, 0.2) is 11.5 Å². The number of hydrogen-bond acceptors (Lipinski definition) is 5. The highest BCUT2D eigenvalue weighted by Gasteiger charge is 2.47. The van der Waals surface area contributed by atoms with Crippen LogP contribution in [0.25, 0.3) is 11.0 Å². The number of aliphatic hydroxyl groups excluding tert-OH is 1. The average Bonchev–Trinajstić information content (AvgIpc) is 3.49. The number of nitrogens with zero attached hydrogens (tertiary/aromatic N) is 1. The maximum Gasteiger partial charge on any atom is 0.294 e. The monoisotopic (exact) mass is 511 g/mol. The highest BCUT2D eigenvalue weighted by atomic mass is 79.9. The van der Waals surface area contributed by atoms with E-state index < -0.39 is 23.5 Å². The maximum absolute atomic E-state index is 13.5. The Labute approximate surface area is 195 Å². The minimum absolute atomic E-state index is 0.00803. The Bertz CT molecular complexity index is 1420. The van der Waals surface area contributed by atoms with Crippen molar-refractivity contribution < 1.29 is 23.5 Å². The van der Waals surface area contributed by atoms with E-state index in [0.29, 0.717) is 33.0 Å². The molecule has 0 aliphatic carbocycles. The van der Waals surface area contributed by atoms with Gasteiger partial charge in [0.25, 0.3) is 5.91 Å². The van der Waals surface area contributed by atoms with E-state index >= 15 is 0 Å². The van der Waals surface area contributed by atoms with Crippen molar-refractivity contribution in [3.63, 3.8) is 0 Å². The first-order valence-corrected chi connectivity index (χ1v) is 10.8.